The Bertz CT molecular complexity index is 578. The van der Waals surface area contributed by atoms with Gasteiger partial charge in [-0.15, -0.1) is 0 Å². The van der Waals surface area contributed by atoms with Crippen LogP contribution in [0, 0.1) is 23.0 Å². The summed E-state index contributed by atoms with van der Waals surface area (Å²) in [5.74, 6) is -1.85. The molecule has 0 atom stereocenters. The summed E-state index contributed by atoms with van der Waals surface area (Å²) in [6, 6.07) is 4.09. The van der Waals surface area contributed by atoms with Crippen LogP contribution in [0.3, 0.4) is 0 Å². The summed E-state index contributed by atoms with van der Waals surface area (Å²) in [6.45, 7) is 1.74. The Morgan fingerprint density at radius 2 is 2.05 bits per heavy atom. The molecule has 7 nitrogen and oxygen atoms in total. The number of nitrogens with one attached hydrogen (secondary N) is 1. The molecule has 2 N–H and O–H groups in total. The van der Waals surface area contributed by atoms with Gasteiger partial charge in [0, 0.05) is 12.1 Å². The van der Waals surface area contributed by atoms with Crippen LogP contribution in [0.4, 0.5) is 5.69 Å². The molecule has 0 spiro atoms. The Balaban J connectivity index is 2.08. The molecule has 0 radical (unpaired) electrons. The molecule has 0 aliphatic heterocycles. The number of carboxylic acid groups (broad SMARTS) is 1. The van der Waals surface area contributed by atoms with Gasteiger partial charge >= 0.3 is 5.97 Å². The van der Waals surface area contributed by atoms with Gasteiger partial charge in [-0.3, -0.25) is 19.7 Å². The Morgan fingerprint density at radius 3 is 2.60 bits per heavy atom. The number of hydrogen-bond acceptors (Lipinski definition) is 4. The van der Waals surface area contributed by atoms with Gasteiger partial charge in [0.1, 0.15) is 5.56 Å². The van der Waals surface area contributed by atoms with Crippen LogP contribution in [-0.2, 0) is 4.79 Å². The van der Waals surface area contributed by atoms with E-state index in [2.05, 4.69) is 5.32 Å². The lowest BCUT2D eigenvalue weighted by molar-refractivity contribution is -0.385. The van der Waals surface area contributed by atoms with Crippen LogP contribution >= 0.6 is 0 Å². The highest BCUT2D eigenvalue weighted by molar-refractivity contribution is 5.98. The first-order valence-electron chi connectivity index (χ1n) is 6.17. The smallest absolute Gasteiger partial charge is 0.306 e. The van der Waals surface area contributed by atoms with E-state index in [0.717, 1.165) is 5.56 Å². The quantitative estimate of drug-likeness (QED) is 0.640. The second-order valence-corrected chi connectivity index (χ2v) is 4.95. The van der Waals surface area contributed by atoms with Crippen molar-refractivity contribution in [3.8, 4) is 0 Å². The molecule has 1 amide bonds. The zero-order chi connectivity index (χ0) is 14.9. The van der Waals surface area contributed by atoms with Gasteiger partial charge < -0.3 is 10.4 Å². The number of carboxylic acids is 1. The van der Waals surface area contributed by atoms with Crippen LogP contribution in [0.5, 0.6) is 0 Å². The summed E-state index contributed by atoms with van der Waals surface area (Å²) >= 11 is 0. The zero-order valence-electron chi connectivity index (χ0n) is 10.8. The minimum Gasteiger partial charge on any atom is -0.481 e. The molecule has 1 fully saturated rings. The number of nitro benzene ring substituents is 1. The third-order valence-corrected chi connectivity index (χ3v) is 3.42. The van der Waals surface area contributed by atoms with E-state index in [1.54, 1.807) is 13.0 Å². The third-order valence-electron chi connectivity index (χ3n) is 3.42. The lowest BCUT2D eigenvalue weighted by Crippen LogP contribution is -2.46. The van der Waals surface area contributed by atoms with Gasteiger partial charge in [-0.05, 0) is 31.4 Å². The molecule has 0 bridgehead atoms. The van der Waals surface area contributed by atoms with Crippen LogP contribution in [0.2, 0.25) is 0 Å². The first-order valence-corrected chi connectivity index (χ1v) is 6.17. The summed E-state index contributed by atoms with van der Waals surface area (Å²) in [5.41, 5.74) is 0.508. The monoisotopic (exact) mass is 278 g/mol. The molecule has 1 aromatic rings. The molecule has 0 unspecified atom stereocenters. The molecule has 1 aliphatic carbocycles. The molecular formula is C13H14N2O5. The van der Waals surface area contributed by atoms with Gasteiger partial charge in [0.2, 0.25) is 0 Å². The Kier molecular flexibility index (Phi) is 3.69. The number of aryl methyl sites for hydroxylation is 1. The standard InChI is InChI=1S/C13H14N2O5/c1-7-2-3-11(15(19)20)10(4-7)12(16)14-9-5-8(6-9)13(17)18/h2-4,8-9H,5-6H2,1H3,(H,14,16)(H,17,18). The molecule has 106 valence electrons. The van der Waals surface area contributed by atoms with Crippen molar-refractivity contribution in [3.05, 3.63) is 39.4 Å². The van der Waals surface area contributed by atoms with Crippen molar-refractivity contribution in [1.29, 1.82) is 0 Å². The fraction of sp³-hybridized carbons (Fsp3) is 0.385. The normalized spacial score (nSPS) is 20.9. The van der Waals surface area contributed by atoms with Crippen molar-refractivity contribution < 1.29 is 19.6 Å². The van der Waals surface area contributed by atoms with Crippen LogP contribution in [0.25, 0.3) is 0 Å². The molecule has 2 rings (SSSR count). The highest BCUT2D eigenvalue weighted by atomic mass is 16.6. The fourth-order valence-electron chi connectivity index (χ4n) is 2.19. The number of carbonyl (C=O) groups excluding carboxylic acids is 1. The second kappa shape index (κ2) is 5.28. The lowest BCUT2D eigenvalue weighted by atomic mass is 9.80. The number of rotatable bonds is 4. The van der Waals surface area contributed by atoms with Crippen molar-refractivity contribution in [2.24, 2.45) is 5.92 Å². The number of carbonyl (C=O) groups is 2. The Hall–Kier alpha value is -2.44. The van der Waals surface area contributed by atoms with Gasteiger partial charge in [0.25, 0.3) is 11.6 Å². The summed E-state index contributed by atoms with van der Waals surface area (Å²) in [6.07, 6.45) is 0.724. The highest BCUT2D eigenvalue weighted by Crippen LogP contribution is 2.28. The molecule has 1 aromatic carbocycles. The molecule has 1 saturated carbocycles. The first kappa shape index (κ1) is 14.0. The van der Waals surface area contributed by atoms with Gasteiger partial charge in [-0.1, -0.05) is 6.07 Å². The average Bonchev–Trinajstić information content (AvgIpc) is 2.31. The van der Waals surface area contributed by atoms with Crippen LogP contribution in [0.15, 0.2) is 18.2 Å². The van der Waals surface area contributed by atoms with E-state index in [1.807, 2.05) is 0 Å². The second-order valence-electron chi connectivity index (χ2n) is 4.95. The maximum absolute atomic E-state index is 12.0. The highest BCUT2D eigenvalue weighted by Gasteiger charge is 2.36. The Morgan fingerprint density at radius 1 is 1.40 bits per heavy atom. The number of aliphatic carboxylic acids is 1. The minimum atomic E-state index is -0.878. The molecule has 1 aliphatic rings. The van der Waals surface area contributed by atoms with Crippen molar-refractivity contribution in [2.75, 3.05) is 0 Å². The van der Waals surface area contributed by atoms with Gasteiger partial charge in [-0.25, -0.2) is 0 Å². The summed E-state index contributed by atoms with van der Waals surface area (Å²) in [5, 5.41) is 22.3. The molecule has 20 heavy (non-hydrogen) atoms. The molecular weight excluding hydrogens is 264 g/mol. The van der Waals surface area contributed by atoms with Gasteiger partial charge in [0.05, 0.1) is 10.8 Å². The Labute approximate surface area is 114 Å². The summed E-state index contributed by atoms with van der Waals surface area (Å²) in [4.78, 5) is 33.0. The van der Waals surface area contributed by atoms with E-state index in [9.17, 15) is 19.7 Å². The van der Waals surface area contributed by atoms with Crippen molar-refractivity contribution in [2.45, 2.75) is 25.8 Å². The van der Waals surface area contributed by atoms with Crippen LogP contribution in [-0.4, -0.2) is 27.9 Å². The predicted molar refractivity (Wildman–Crippen MR) is 69.4 cm³/mol. The van der Waals surface area contributed by atoms with Crippen LogP contribution < -0.4 is 5.32 Å². The van der Waals surface area contributed by atoms with E-state index in [4.69, 9.17) is 5.11 Å². The SMILES string of the molecule is Cc1ccc([N+](=O)[O-])c(C(=O)NC2CC(C(=O)O)C2)c1. The van der Waals surface area contributed by atoms with Crippen LogP contribution in [0.1, 0.15) is 28.8 Å². The molecule has 7 heteroatoms. The number of nitrogens with zero attached hydrogens (tertiary/aromatic N) is 1. The van der Waals surface area contributed by atoms with Gasteiger partial charge in [0.15, 0.2) is 0 Å². The third kappa shape index (κ3) is 2.76. The minimum absolute atomic E-state index is 0.00813. The number of hydrogen-bond donors (Lipinski definition) is 2. The van der Waals surface area contributed by atoms with Crippen molar-refractivity contribution in [1.82, 2.24) is 5.32 Å². The van der Waals surface area contributed by atoms with E-state index >= 15 is 0 Å². The fourth-order valence-corrected chi connectivity index (χ4v) is 2.19. The van der Waals surface area contributed by atoms with E-state index < -0.39 is 22.7 Å². The maximum Gasteiger partial charge on any atom is 0.306 e. The maximum atomic E-state index is 12.0. The first-order chi connectivity index (χ1) is 9.38. The van der Waals surface area contributed by atoms with Crippen molar-refractivity contribution >= 4 is 17.6 Å². The summed E-state index contributed by atoms with van der Waals surface area (Å²) in [7, 11) is 0. The largest absolute Gasteiger partial charge is 0.481 e. The molecule has 0 saturated heterocycles. The number of benzene rings is 1. The molecule has 0 aromatic heterocycles. The van der Waals surface area contributed by atoms with Crippen molar-refractivity contribution in [3.63, 3.8) is 0 Å². The van der Waals surface area contributed by atoms with E-state index in [-0.39, 0.29) is 17.3 Å². The number of nitro groups is 1. The van der Waals surface area contributed by atoms with E-state index in [0.29, 0.717) is 12.8 Å². The van der Waals surface area contributed by atoms with E-state index in [1.165, 1.54) is 12.1 Å². The summed E-state index contributed by atoms with van der Waals surface area (Å²) < 4.78 is 0. The van der Waals surface area contributed by atoms with Gasteiger partial charge in [-0.2, -0.15) is 0 Å². The lowest BCUT2D eigenvalue weighted by Gasteiger charge is -2.32. The predicted octanol–water partition coefficient (Wildman–Crippen LogP) is 1.50. The topological polar surface area (TPSA) is 110 Å². The zero-order valence-corrected chi connectivity index (χ0v) is 10.8. The molecule has 0 heterocycles. The average molecular weight is 278 g/mol. The number of amides is 1.